The highest BCUT2D eigenvalue weighted by molar-refractivity contribution is 5.94. The highest BCUT2D eigenvalue weighted by atomic mass is 16.7. The Morgan fingerprint density at radius 1 is 1.22 bits per heavy atom. The van der Waals surface area contributed by atoms with Gasteiger partial charge in [0.25, 0.3) is 5.91 Å². The van der Waals surface area contributed by atoms with Gasteiger partial charge in [-0.2, -0.15) is 0 Å². The summed E-state index contributed by atoms with van der Waals surface area (Å²) in [4.78, 5) is 49.2. The number of allylic oxidation sites excluding steroid dienone is 2. The molecule has 3 N–H and O–H groups in total. The first-order chi connectivity index (χ1) is 17.8. The fourth-order valence-electron chi connectivity index (χ4n) is 3.88. The molecule has 2 aliphatic heterocycles. The Morgan fingerprint density at radius 3 is 2.73 bits per heavy atom. The Kier molecular flexibility index (Phi) is 10.0. The van der Waals surface area contributed by atoms with E-state index in [0.717, 1.165) is 12.0 Å². The van der Waals surface area contributed by atoms with E-state index in [0.29, 0.717) is 36.4 Å². The van der Waals surface area contributed by atoms with E-state index in [1.54, 1.807) is 18.2 Å². The van der Waals surface area contributed by atoms with Gasteiger partial charge in [-0.25, -0.2) is 4.79 Å². The van der Waals surface area contributed by atoms with Crippen molar-refractivity contribution in [2.24, 2.45) is 0 Å². The molecule has 10 heteroatoms. The lowest BCUT2D eigenvalue weighted by molar-refractivity contribution is -0.180. The number of hydrogen-bond donors (Lipinski definition) is 3. The predicted molar refractivity (Wildman–Crippen MR) is 137 cm³/mol. The fourth-order valence-corrected chi connectivity index (χ4v) is 3.88. The maximum atomic E-state index is 12.6. The quantitative estimate of drug-likeness (QED) is 0.392. The van der Waals surface area contributed by atoms with E-state index in [1.807, 2.05) is 25.1 Å². The number of carboxylic acid groups (broad SMARTS) is 1. The molecule has 198 valence electrons. The Bertz CT molecular complexity index is 1080. The lowest BCUT2D eigenvalue weighted by atomic mass is 10.1. The first kappa shape index (κ1) is 27.7. The molecule has 3 rings (SSSR count). The van der Waals surface area contributed by atoms with Crippen LogP contribution in [0.1, 0.15) is 51.0 Å². The summed E-state index contributed by atoms with van der Waals surface area (Å²) < 4.78 is 11.5. The molecule has 0 aliphatic carbocycles. The van der Waals surface area contributed by atoms with Crippen molar-refractivity contribution < 1.29 is 33.8 Å². The molecule has 0 bridgehead atoms. The summed E-state index contributed by atoms with van der Waals surface area (Å²) in [5.41, 5.74) is 1.83. The van der Waals surface area contributed by atoms with Crippen LogP contribution in [0.2, 0.25) is 0 Å². The first-order valence-corrected chi connectivity index (χ1v) is 12.4. The van der Waals surface area contributed by atoms with Crippen molar-refractivity contribution in [1.82, 2.24) is 10.2 Å². The van der Waals surface area contributed by atoms with Crippen LogP contribution in [0.15, 0.2) is 48.7 Å². The standard InChI is InChI=1S/C27H33N3O7/c1-3-4-6-19-10-11-21(36-26-8-5-7-22(37-26)27(34)35)20(17-19)29-24(32)13-15-28-23(31)14-16-30-18(2)9-12-25(30)33/h4,6,9-12,17,22,26H,2-3,5,7-8,13-16H2,1H3,(H,28,31)(H,29,32)(H,34,35)/b6-4+. The second-order valence-corrected chi connectivity index (χ2v) is 8.72. The van der Waals surface area contributed by atoms with Crippen molar-refractivity contribution in [2.45, 2.75) is 57.8 Å². The van der Waals surface area contributed by atoms with E-state index in [2.05, 4.69) is 17.2 Å². The van der Waals surface area contributed by atoms with Crippen molar-refractivity contribution >= 4 is 35.5 Å². The fraction of sp³-hybridized carbons (Fsp3) is 0.407. The Hall–Kier alpha value is -3.92. The number of nitrogens with one attached hydrogen (secondary N) is 2. The number of carbonyl (C=O) groups excluding carboxylic acids is 3. The molecule has 0 aromatic heterocycles. The molecule has 2 atom stereocenters. The summed E-state index contributed by atoms with van der Waals surface area (Å²) in [6.07, 6.45) is 7.82. The summed E-state index contributed by atoms with van der Waals surface area (Å²) in [5.74, 6) is -1.48. The number of carboxylic acids is 1. The Morgan fingerprint density at radius 2 is 2.03 bits per heavy atom. The van der Waals surface area contributed by atoms with Crippen LogP contribution in [0.3, 0.4) is 0 Å². The second-order valence-electron chi connectivity index (χ2n) is 8.72. The van der Waals surface area contributed by atoms with Gasteiger partial charge < -0.3 is 30.1 Å². The van der Waals surface area contributed by atoms with Crippen molar-refractivity contribution in [3.05, 3.63) is 54.3 Å². The van der Waals surface area contributed by atoms with Gasteiger partial charge in [-0.1, -0.05) is 31.7 Å². The minimum atomic E-state index is -1.03. The molecule has 1 fully saturated rings. The maximum Gasteiger partial charge on any atom is 0.332 e. The number of benzene rings is 1. The van der Waals surface area contributed by atoms with Gasteiger partial charge in [-0.15, -0.1) is 0 Å². The third-order valence-corrected chi connectivity index (χ3v) is 5.85. The van der Waals surface area contributed by atoms with Gasteiger partial charge in [0.15, 0.2) is 6.10 Å². The molecule has 10 nitrogen and oxygen atoms in total. The molecule has 1 aromatic carbocycles. The minimum Gasteiger partial charge on any atom is -0.479 e. The number of rotatable bonds is 12. The number of anilines is 1. The summed E-state index contributed by atoms with van der Waals surface area (Å²) in [6, 6.07) is 5.32. The van der Waals surface area contributed by atoms with Crippen molar-refractivity contribution in [3.63, 3.8) is 0 Å². The van der Waals surface area contributed by atoms with E-state index in [1.165, 1.54) is 11.0 Å². The number of aliphatic carboxylic acids is 1. The van der Waals surface area contributed by atoms with Gasteiger partial charge >= 0.3 is 5.97 Å². The number of nitrogens with zero attached hydrogens (tertiary/aromatic N) is 1. The molecule has 2 unspecified atom stereocenters. The van der Waals surface area contributed by atoms with Crippen LogP contribution in [0, 0.1) is 0 Å². The molecule has 1 aromatic rings. The lowest BCUT2D eigenvalue weighted by Gasteiger charge is -2.28. The highest BCUT2D eigenvalue weighted by Gasteiger charge is 2.29. The molecule has 2 heterocycles. The topological polar surface area (TPSA) is 134 Å². The van der Waals surface area contributed by atoms with Crippen molar-refractivity contribution in [3.8, 4) is 5.75 Å². The minimum absolute atomic E-state index is 0.0259. The van der Waals surface area contributed by atoms with Crippen molar-refractivity contribution in [2.75, 3.05) is 18.4 Å². The van der Waals surface area contributed by atoms with Crippen LogP contribution < -0.4 is 15.4 Å². The molecule has 3 amide bonds. The number of ether oxygens (including phenoxy) is 2. The van der Waals surface area contributed by atoms with E-state index in [4.69, 9.17) is 9.47 Å². The maximum absolute atomic E-state index is 12.6. The third-order valence-electron chi connectivity index (χ3n) is 5.85. The van der Waals surface area contributed by atoms with E-state index in [9.17, 15) is 24.3 Å². The summed E-state index contributed by atoms with van der Waals surface area (Å²) >= 11 is 0. The van der Waals surface area contributed by atoms with E-state index >= 15 is 0 Å². The van der Waals surface area contributed by atoms with E-state index in [-0.39, 0.29) is 43.7 Å². The zero-order chi connectivity index (χ0) is 26.8. The van der Waals surface area contributed by atoms with Crippen LogP contribution in [0.5, 0.6) is 5.75 Å². The zero-order valence-electron chi connectivity index (χ0n) is 20.9. The highest BCUT2D eigenvalue weighted by Crippen LogP contribution is 2.30. The molecular formula is C27H33N3O7. The number of hydrogen-bond acceptors (Lipinski definition) is 6. The van der Waals surface area contributed by atoms with Gasteiger partial charge in [0.2, 0.25) is 18.1 Å². The second kappa shape index (κ2) is 13.4. The summed E-state index contributed by atoms with van der Waals surface area (Å²) in [5, 5.41) is 14.8. The van der Waals surface area contributed by atoms with Gasteiger partial charge in [0.1, 0.15) is 5.75 Å². The van der Waals surface area contributed by atoms with E-state index < -0.39 is 18.4 Å². The Balaban J connectivity index is 1.54. The Labute approximate surface area is 216 Å². The average Bonchev–Trinajstić information content (AvgIpc) is 3.19. The third kappa shape index (κ3) is 8.32. The molecule has 0 saturated carbocycles. The molecule has 0 spiro atoms. The number of carbonyl (C=O) groups is 4. The monoisotopic (exact) mass is 511 g/mol. The number of amides is 3. The van der Waals surface area contributed by atoms with Gasteiger partial charge in [-0.05, 0) is 43.0 Å². The van der Waals surface area contributed by atoms with Crippen LogP contribution >= 0.6 is 0 Å². The largest absolute Gasteiger partial charge is 0.479 e. The van der Waals surface area contributed by atoms with Crippen LogP contribution in [-0.4, -0.2) is 59.2 Å². The van der Waals surface area contributed by atoms with Gasteiger partial charge in [0, 0.05) is 44.1 Å². The molecular weight excluding hydrogens is 478 g/mol. The summed E-state index contributed by atoms with van der Waals surface area (Å²) in [7, 11) is 0. The smallest absolute Gasteiger partial charge is 0.332 e. The normalized spacial score (nSPS) is 19.3. The summed E-state index contributed by atoms with van der Waals surface area (Å²) in [6.45, 7) is 6.10. The van der Waals surface area contributed by atoms with Crippen molar-refractivity contribution in [1.29, 1.82) is 0 Å². The van der Waals surface area contributed by atoms with Gasteiger partial charge in [-0.3, -0.25) is 14.4 Å². The molecule has 37 heavy (non-hydrogen) atoms. The molecule has 0 radical (unpaired) electrons. The average molecular weight is 512 g/mol. The van der Waals surface area contributed by atoms with Crippen LogP contribution in [0.25, 0.3) is 6.08 Å². The van der Waals surface area contributed by atoms with Gasteiger partial charge in [0.05, 0.1) is 5.69 Å². The van der Waals surface area contributed by atoms with Crippen LogP contribution in [-0.2, 0) is 23.9 Å². The zero-order valence-corrected chi connectivity index (χ0v) is 20.9. The lowest BCUT2D eigenvalue weighted by Crippen LogP contribution is -2.36. The molecule has 1 saturated heterocycles. The molecule has 2 aliphatic rings. The first-order valence-electron chi connectivity index (χ1n) is 12.4. The predicted octanol–water partition coefficient (Wildman–Crippen LogP) is 3.22. The van der Waals surface area contributed by atoms with Crippen LogP contribution in [0.4, 0.5) is 5.69 Å². The SMILES string of the molecule is C=C1C=CC(=O)N1CCC(=O)NCCC(=O)Nc1cc(/C=C/CC)ccc1OC1CCCC(C(=O)O)O1.